The second kappa shape index (κ2) is 0.384. The summed E-state index contributed by atoms with van der Waals surface area (Å²) in [6.07, 6.45) is 0. The van der Waals surface area contributed by atoms with Crippen LogP contribution in [0.2, 0.25) is 0 Å². The van der Waals surface area contributed by atoms with E-state index in [4.69, 9.17) is 0 Å². The van der Waals surface area contributed by atoms with Crippen LogP contribution in [0.25, 0.3) is 0 Å². The fourth-order valence-corrected chi connectivity index (χ4v) is 1.53. The molecule has 0 aromatic carbocycles. The van der Waals surface area contributed by atoms with E-state index in [1.807, 2.05) is 41.8 Å². The first-order valence-electron chi connectivity index (χ1n) is 2.40. The van der Waals surface area contributed by atoms with E-state index in [2.05, 4.69) is 0 Å². The van der Waals surface area contributed by atoms with Gasteiger partial charge < -0.3 is 0 Å². The summed E-state index contributed by atoms with van der Waals surface area (Å²) < 4.78 is 0. The predicted octanol–water partition coefficient (Wildman–Crippen LogP) is -2.55. The van der Waals surface area contributed by atoms with Crippen LogP contribution in [0, 0.1) is 0 Å². The van der Waals surface area contributed by atoms with E-state index >= 15 is 0 Å². The fraction of sp³-hybridized carbons (Fsp3) is 0. The molecule has 8 heavy (non-hydrogen) atoms. The number of hydrazine groups is 12. The molecule has 0 spiro atoms. The first-order chi connectivity index (χ1) is 4.00. The normalized spacial score (nSPS) is 54.0. The topological polar surface area (TPSA) is 25.9 Å². The van der Waals surface area contributed by atoms with Crippen LogP contribution >= 0.6 is 0 Å². The van der Waals surface area contributed by atoms with Crippen LogP contribution in [0.4, 0.5) is 0 Å². The summed E-state index contributed by atoms with van der Waals surface area (Å²) in [4.78, 5) is 0. The van der Waals surface area contributed by atoms with Crippen LogP contribution in [0.1, 0.15) is 0 Å². The van der Waals surface area contributed by atoms with Crippen molar-refractivity contribution in [2.75, 3.05) is 0 Å². The Morgan fingerprint density at radius 1 is 0.250 bits per heavy atom. The zero-order chi connectivity index (χ0) is 4.62. The molecule has 6 aliphatic heterocycles. The Hall–Kier alpha value is -0.320. The fourth-order valence-electron chi connectivity index (χ4n) is 1.53. The van der Waals surface area contributed by atoms with Gasteiger partial charge in [0.1, 0.15) is 0 Å². The number of hydrogen-bond acceptors (Lipinski definition) is 8. The Labute approximate surface area is 43.1 Å². The van der Waals surface area contributed by atoms with Gasteiger partial charge in [-0.15, -0.1) is 0 Å². The van der Waals surface area contributed by atoms with Crippen LogP contribution < -0.4 is 0 Å². The lowest BCUT2D eigenvalue weighted by Gasteiger charge is -3.00. The van der Waals surface area contributed by atoms with Crippen LogP contribution in [0.15, 0.2) is 0 Å². The van der Waals surface area contributed by atoms with Gasteiger partial charge in [0.25, 0.3) is 0 Å². The number of hydrogen-bond donors (Lipinski definition) is 0. The highest BCUT2D eigenvalue weighted by molar-refractivity contribution is 4.84. The molecule has 0 atom stereocenters. The maximum absolute atomic E-state index is 2.00. The Bertz CT molecular complexity index is 110. The highest BCUT2D eigenvalue weighted by Gasteiger charge is 3.00. The highest BCUT2D eigenvalue weighted by Crippen LogP contribution is 2.69. The Morgan fingerprint density at radius 2 is 0.375 bits per heavy atom. The lowest BCUT2D eigenvalue weighted by atomic mass is 11.0. The van der Waals surface area contributed by atoms with E-state index in [9.17, 15) is 0 Å². The summed E-state index contributed by atoms with van der Waals surface area (Å²) in [6.45, 7) is 0. The molecule has 0 bridgehead atoms. The third-order valence-corrected chi connectivity index (χ3v) is 1.92. The van der Waals surface area contributed by atoms with E-state index in [1.54, 1.807) is 0 Å². The smallest absolute Gasteiger partial charge is 0 e. The molecule has 6 fully saturated rings. The first kappa shape index (κ1) is 2.51. The Kier molecular flexibility index (Phi) is 0.121. The maximum Gasteiger partial charge on any atom is 0 e. The molecule has 0 aliphatic carbocycles. The molecule has 0 aromatic rings. The van der Waals surface area contributed by atoms with Gasteiger partial charge in [0.05, 0.1) is 0 Å². The van der Waals surface area contributed by atoms with Crippen LogP contribution in [0.3, 0.4) is 0 Å². The molecule has 8 nitrogen and oxygen atoms in total. The van der Waals surface area contributed by atoms with Gasteiger partial charge in [0.15, 0.2) is 0 Å². The molecule has 40 valence electrons. The summed E-state index contributed by atoms with van der Waals surface area (Å²) in [6, 6.07) is 0. The minimum absolute atomic E-state index is 2.00. The number of nitrogens with zero attached hydrogens (tertiary/aromatic N) is 8. The van der Waals surface area contributed by atoms with Crippen molar-refractivity contribution in [2.45, 2.75) is 0 Å². The highest BCUT2D eigenvalue weighted by atomic mass is 17.0. The third kappa shape index (κ3) is 0.0547. The molecule has 0 amide bonds. The van der Waals surface area contributed by atoms with Crippen LogP contribution in [-0.2, 0) is 0 Å². The Morgan fingerprint density at radius 3 is 0.500 bits per heavy atom. The van der Waals surface area contributed by atoms with Gasteiger partial charge >= 0.3 is 0 Å². The second-order valence-corrected chi connectivity index (χ2v) is 2.15. The predicted molar refractivity (Wildman–Crippen MR) is 14.7 cm³/mol. The minimum atomic E-state index is 2.00. The van der Waals surface area contributed by atoms with Crippen molar-refractivity contribution >= 4 is 0 Å². The molecular weight excluding hydrogens is 112 g/mol. The van der Waals surface area contributed by atoms with Crippen molar-refractivity contribution in [3.63, 3.8) is 0 Å². The molecule has 0 aromatic heterocycles. The monoisotopic (exact) mass is 112 g/mol. The summed E-state index contributed by atoms with van der Waals surface area (Å²) in [5, 5.41) is 16.0. The molecule has 6 aliphatic rings. The van der Waals surface area contributed by atoms with Gasteiger partial charge in [-0.2, -0.15) is 0 Å². The maximum atomic E-state index is 2.00. The standard InChI is InChI=1S/N8/c1-2-5-3(1)7-4(1)6(2)8(5)7. The average Bonchev–Trinajstić information content (AvgIpc) is 1.90. The van der Waals surface area contributed by atoms with Gasteiger partial charge in [0, 0.05) is 41.8 Å². The zero-order valence-corrected chi connectivity index (χ0v) is 3.58. The van der Waals surface area contributed by atoms with Crippen molar-refractivity contribution in [3.05, 3.63) is 0 Å². The molecule has 6 heterocycles. The van der Waals surface area contributed by atoms with Gasteiger partial charge in [-0.1, -0.05) is 0 Å². The lowest BCUT2D eigenvalue weighted by molar-refractivity contribution is -1.16. The molecule has 8 heteroatoms. The lowest BCUT2D eigenvalue weighted by Crippen LogP contribution is -3.32. The molecular formula is N8. The van der Waals surface area contributed by atoms with Crippen LogP contribution in [-0.4, -0.2) is 41.8 Å². The summed E-state index contributed by atoms with van der Waals surface area (Å²) in [5.74, 6) is 0. The van der Waals surface area contributed by atoms with Gasteiger partial charge in [-0.3, -0.25) is 0 Å². The molecule has 6 rings (SSSR count). The van der Waals surface area contributed by atoms with Crippen molar-refractivity contribution in [1.82, 2.24) is 41.8 Å². The largest absolute Gasteiger partial charge is 0 e. The molecule has 0 saturated carbocycles. The summed E-state index contributed by atoms with van der Waals surface area (Å²) in [5.41, 5.74) is 0. The van der Waals surface area contributed by atoms with Crippen molar-refractivity contribution in [1.29, 1.82) is 0 Å². The van der Waals surface area contributed by atoms with Gasteiger partial charge in [-0.25, -0.2) is 0 Å². The SMILES string of the molecule is N12N3N4N1N1N2N3N41. The second-order valence-electron chi connectivity index (χ2n) is 2.15. The molecule has 6 saturated heterocycles. The average molecular weight is 112 g/mol. The Balaban J connectivity index is 2.00. The zero-order valence-electron chi connectivity index (χ0n) is 3.58. The van der Waals surface area contributed by atoms with E-state index in [-0.39, 0.29) is 0 Å². The number of rotatable bonds is 0. The van der Waals surface area contributed by atoms with E-state index in [1.165, 1.54) is 0 Å². The summed E-state index contributed by atoms with van der Waals surface area (Å²) in [7, 11) is 0. The van der Waals surface area contributed by atoms with E-state index in [0.29, 0.717) is 0 Å². The summed E-state index contributed by atoms with van der Waals surface area (Å²) >= 11 is 0. The molecule has 0 unspecified atom stereocenters. The van der Waals surface area contributed by atoms with Crippen molar-refractivity contribution in [2.24, 2.45) is 0 Å². The molecule has 0 radical (unpaired) electrons. The van der Waals surface area contributed by atoms with Crippen molar-refractivity contribution < 1.29 is 0 Å². The van der Waals surface area contributed by atoms with E-state index in [0.717, 1.165) is 0 Å². The van der Waals surface area contributed by atoms with Crippen LogP contribution in [0.5, 0.6) is 0 Å². The van der Waals surface area contributed by atoms with Gasteiger partial charge in [-0.05, 0) is 0 Å². The van der Waals surface area contributed by atoms with Crippen molar-refractivity contribution in [3.8, 4) is 0 Å². The molecule has 0 N–H and O–H groups in total. The van der Waals surface area contributed by atoms with Gasteiger partial charge in [0.2, 0.25) is 0 Å². The quantitative estimate of drug-likeness (QED) is 0.338. The van der Waals surface area contributed by atoms with E-state index < -0.39 is 0 Å². The minimum Gasteiger partial charge on any atom is 0 e. The third-order valence-electron chi connectivity index (χ3n) is 1.92. The first-order valence-corrected chi connectivity index (χ1v) is 2.40.